The van der Waals surface area contributed by atoms with Gasteiger partial charge in [0.15, 0.2) is 0 Å². The normalized spacial score (nSPS) is 12.6. The highest BCUT2D eigenvalue weighted by Gasteiger charge is 2.13. The van der Waals surface area contributed by atoms with Crippen molar-refractivity contribution in [2.45, 2.75) is 19.9 Å². The molecule has 1 N–H and O–H groups in total. The van der Waals surface area contributed by atoms with Crippen molar-refractivity contribution < 1.29 is 4.52 Å². The maximum absolute atomic E-state index is 5.18. The zero-order valence-electron chi connectivity index (χ0n) is 9.34. The third-order valence-electron chi connectivity index (χ3n) is 2.24. The standard InChI is InChI=1S/C11H14N4O/c1-3-13-8(2)11-14-10(15-16-11)9-5-4-6-12-7-9/h4-8,13H,3H2,1-2H3. The number of pyridine rings is 1. The van der Waals surface area contributed by atoms with E-state index in [4.69, 9.17) is 4.52 Å². The fourth-order valence-electron chi connectivity index (χ4n) is 1.42. The first-order chi connectivity index (χ1) is 7.81. The Hall–Kier alpha value is -1.75. The van der Waals surface area contributed by atoms with Gasteiger partial charge in [-0.3, -0.25) is 4.98 Å². The minimum atomic E-state index is 0.0721. The molecule has 0 aliphatic rings. The van der Waals surface area contributed by atoms with Crippen molar-refractivity contribution in [3.63, 3.8) is 0 Å². The summed E-state index contributed by atoms with van der Waals surface area (Å²) in [5, 5.41) is 7.14. The number of hydrogen-bond acceptors (Lipinski definition) is 5. The van der Waals surface area contributed by atoms with Crippen LogP contribution in [0.5, 0.6) is 0 Å². The molecule has 5 nitrogen and oxygen atoms in total. The topological polar surface area (TPSA) is 63.8 Å². The van der Waals surface area contributed by atoms with Crippen molar-refractivity contribution in [1.29, 1.82) is 0 Å². The van der Waals surface area contributed by atoms with E-state index < -0.39 is 0 Å². The molecule has 0 saturated carbocycles. The summed E-state index contributed by atoms with van der Waals surface area (Å²) < 4.78 is 5.18. The van der Waals surface area contributed by atoms with E-state index >= 15 is 0 Å². The second-order valence-electron chi connectivity index (χ2n) is 3.48. The van der Waals surface area contributed by atoms with Gasteiger partial charge in [0.25, 0.3) is 0 Å². The molecule has 0 amide bonds. The average Bonchev–Trinajstić information content (AvgIpc) is 2.80. The van der Waals surface area contributed by atoms with Gasteiger partial charge in [-0.05, 0) is 25.6 Å². The lowest BCUT2D eigenvalue weighted by atomic mass is 10.3. The number of aromatic nitrogens is 3. The Morgan fingerprint density at radius 2 is 2.38 bits per heavy atom. The Balaban J connectivity index is 2.20. The van der Waals surface area contributed by atoms with Gasteiger partial charge < -0.3 is 9.84 Å². The maximum atomic E-state index is 5.18. The van der Waals surface area contributed by atoms with Crippen LogP contribution >= 0.6 is 0 Å². The van der Waals surface area contributed by atoms with E-state index in [0.29, 0.717) is 11.7 Å². The van der Waals surface area contributed by atoms with Gasteiger partial charge in [0.05, 0.1) is 6.04 Å². The maximum Gasteiger partial charge on any atom is 0.243 e. The van der Waals surface area contributed by atoms with E-state index in [9.17, 15) is 0 Å². The van der Waals surface area contributed by atoms with E-state index in [0.717, 1.165) is 12.1 Å². The van der Waals surface area contributed by atoms with Crippen LogP contribution in [0.3, 0.4) is 0 Å². The van der Waals surface area contributed by atoms with Crippen LogP contribution in [0.15, 0.2) is 29.0 Å². The van der Waals surface area contributed by atoms with Gasteiger partial charge >= 0.3 is 0 Å². The molecule has 0 aliphatic carbocycles. The van der Waals surface area contributed by atoms with Gasteiger partial charge in [-0.1, -0.05) is 12.1 Å². The molecule has 5 heteroatoms. The fraction of sp³-hybridized carbons (Fsp3) is 0.364. The van der Waals surface area contributed by atoms with Gasteiger partial charge in [0, 0.05) is 18.0 Å². The minimum absolute atomic E-state index is 0.0721. The summed E-state index contributed by atoms with van der Waals surface area (Å²) in [6, 6.07) is 3.82. The lowest BCUT2D eigenvalue weighted by Gasteiger charge is -2.04. The van der Waals surface area contributed by atoms with Gasteiger partial charge in [-0.25, -0.2) is 0 Å². The first-order valence-corrected chi connectivity index (χ1v) is 5.28. The van der Waals surface area contributed by atoms with Crippen LogP contribution in [-0.2, 0) is 0 Å². The molecule has 0 fully saturated rings. The van der Waals surface area contributed by atoms with E-state index in [1.54, 1.807) is 12.4 Å². The molecule has 16 heavy (non-hydrogen) atoms. The fourth-order valence-corrected chi connectivity index (χ4v) is 1.42. The molecule has 0 bridgehead atoms. The quantitative estimate of drug-likeness (QED) is 0.847. The van der Waals surface area contributed by atoms with Gasteiger partial charge in [-0.15, -0.1) is 0 Å². The highest BCUT2D eigenvalue weighted by Crippen LogP contribution is 2.16. The molecular weight excluding hydrogens is 204 g/mol. The smallest absolute Gasteiger partial charge is 0.243 e. The van der Waals surface area contributed by atoms with Crippen LogP contribution in [0.2, 0.25) is 0 Å². The van der Waals surface area contributed by atoms with Crippen molar-refractivity contribution in [3.8, 4) is 11.4 Å². The number of nitrogens with one attached hydrogen (secondary N) is 1. The van der Waals surface area contributed by atoms with Crippen LogP contribution in [0, 0.1) is 0 Å². The molecule has 0 aromatic carbocycles. The lowest BCUT2D eigenvalue weighted by molar-refractivity contribution is 0.342. The molecule has 1 unspecified atom stereocenters. The van der Waals surface area contributed by atoms with Crippen LogP contribution in [0.1, 0.15) is 25.8 Å². The third kappa shape index (κ3) is 2.25. The molecule has 2 aromatic rings. The first kappa shape index (κ1) is 10.8. The van der Waals surface area contributed by atoms with Gasteiger partial charge in [-0.2, -0.15) is 4.98 Å². The summed E-state index contributed by atoms with van der Waals surface area (Å²) >= 11 is 0. The summed E-state index contributed by atoms with van der Waals surface area (Å²) in [6.07, 6.45) is 3.43. The third-order valence-corrected chi connectivity index (χ3v) is 2.24. The van der Waals surface area contributed by atoms with Crippen LogP contribution < -0.4 is 5.32 Å². The van der Waals surface area contributed by atoms with Gasteiger partial charge in [0.1, 0.15) is 0 Å². The molecule has 0 radical (unpaired) electrons. The summed E-state index contributed by atoms with van der Waals surface area (Å²) in [5.74, 6) is 1.17. The molecule has 0 aliphatic heterocycles. The molecule has 0 spiro atoms. The van der Waals surface area contributed by atoms with E-state index in [1.807, 2.05) is 26.0 Å². The van der Waals surface area contributed by atoms with E-state index in [1.165, 1.54) is 0 Å². The highest BCUT2D eigenvalue weighted by atomic mass is 16.5. The highest BCUT2D eigenvalue weighted by molar-refractivity contribution is 5.51. The summed E-state index contributed by atoms with van der Waals surface area (Å²) in [7, 11) is 0. The SMILES string of the molecule is CCNC(C)c1nc(-c2cccnc2)no1. The molecular formula is C11H14N4O. The van der Waals surface area contributed by atoms with Crippen molar-refractivity contribution in [2.24, 2.45) is 0 Å². The van der Waals surface area contributed by atoms with E-state index in [2.05, 4.69) is 20.4 Å². The second kappa shape index (κ2) is 4.85. The lowest BCUT2D eigenvalue weighted by Crippen LogP contribution is -2.17. The predicted octanol–water partition coefficient (Wildman–Crippen LogP) is 1.80. The Bertz CT molecular complexity index is 440. The number of rotatable bonds is 4. The predicted molar refractivity (Wildman–Crippen MR) is 59.6 cm³/mol. The molecule has 2 rings (SSSR count). The van der Waals surface area contributed by atoms with Crippen molar-refractivity contribution in [2.75, 3.05) is 6.54 Å². The van der Waals surface area contributed by atoms with Gasteiger partial charge in [0.2, 0.25) is 11.7 Å². The molecule has 0 saturated heterocycles. The zero-order valence-corrected chi connectivity index (χ0v) is 9.34. The largest absolute Gasteiger partial charge is 0.337 e. The Morgan fingerprint density at radius 3 is 3.06 bits per heavy atom. The molecule has 2 aromatic heterocycles. The average molecular weight is 218 g/mol. The van der Waals surface area contributed by atoms with Crippen LogP contribution in [0.25, 0.3) is 11.4 Å². The van der Waals surface area contributed by atoms with Crippen LogP contribution in [-0.4, -0.2) is 21.7 Å². The summed E-state index contributed by atoms with van der Waals surface area (Å²) in [6.45, 7) is 4.89. The zero-order chi connectivity index (χ0) is 11.4. The molecule has 84 valence electrons. The Morgan fingerprint density at radius 1 is 1.50 bits per heavy atom. The number of hydrogen-bond donors (Lipinski definition) is 1. The Labute approximate surface area is 93.9 Å². The Kier molecular flexibility index (Phi) is 3.26. The number of nitrogens with zero attached hydrogens (tertiary/aromatic N) is 3. The van der Waals surface area contributed by atoms with Crippen molar-refractivity contribution in [1.82, 2.24) is 20.4 Å². The monoisotopic (exact) mass is 218 g/mol. The molecule has 2 heterocycles. The van der Waals surface area contributed by atoms with Crippen molar-refractivity contribution >= 4 is 0 Å². The molecule has 1 atom stereocenters. The first-order valence-electron chi connectivity index (χ1n) is 5.28. The second-order valence-corrected chi connectivity index (χ2v) is 3.48. The summed E-state index contributed by atoms with van der Waals surface area (Å²) in [4.78, 5) is 8.33. The summed E-state index contributed by atoms with van der Waals surface area (Å²) in [5.41, 5.74) is 0.862. The van der Waals surface area contributed by atoms with E-state index in [-0.39, 0.29) is 6.04 Å². The minimum Gasteiger partial charge on any atom is -0.337 e. The van der Waals surface area contributed by atoms with Crippen molar-refractivity contribution in [3.05, 3.63) is 30.4 Å². The van der Waals surface area contributed by atoms with Crippen LogP contribution in [0.4, 0.5) is 0 Å².